The molecule has 142 valence electrons. The van der Waals surface area contributed by atoms with Crippen molar-refractivity contribution in [1.29, 1.82) is 0 Å². The molecule has 0 saturated carbocycles. The summed E-state index contributed by atoms with van der Waals surface area (Å²) in [7, 11) is 1.10. The summed E-state index contributed by atoms with van der Waals surface area (Å²) in [6.07, 6.45) is 0.278. The van der Waals surface area contributed by atoms with E-state index in [4.69, 9.17) is 9.15 Å². The van der Waals surface area contributed by atoms with Gasteiger partial charge in [-0.15, -0.1) is 0 Å². The number of hydrogen-bond donors (Lipinski definition) is 1. The first kappa shape index (κ1) is 19.6. The molecule has 1 heterocycles. The molecule has 0 radical (unpaired) electrons. The average molecular weight is 376 g/mol. The van der Waals surface area contributed by atoms with Gasteiger partial charge in [-0.05, 0) is 25.1 Å². The first-order chi connectivity index (χ1) is 12.8. The molecule has 1 aromatic carbocycles. The highest BCUT2D eigenvalue weighted by Crippen LogP contribution is 2.19. The fraction of sp³-hybridized carbons (Fsp3) is 0.235. The van der Waals surface area contributed by atoms with Gasteiger partial charge in [-0.2, -0.15) is 0 Å². The summed E-state index contributed by atoms with van der Waals surface area (Å²) in [5.74, 6) is -1.91. The van der Waals surface area contributed by atoms with Crippen LogP contribution in [0.1, 0.15) is 33.4 Å². The summed E-state index contributed by atoms with van der Waals surface area (Å²) in [5, 5.41) is 13.5. The Kier molecular flexibility index (Phi) is 6.26. The number of esters is 2. The second kappa shape index (κ2) is 8.61. The summed E-state index contributed by atoms with van der Waals surface area (Å²) >= 11 is 0. The predicted molar refractivity (Wildman–Crippen MR) is 89.9 cm³/mol. The van der Waals surface area contributed by atoms with Crippen LogP contribution >= 0.6 is 0 Å². The second-order valence-corrected chi connectivity index (χ2v) is 5.36. The number of benzene rings is 1. The van der Waals surface area contributed by atoms with E-state index in [0.717, 1.165) is 25.3 Å². The SMILES string of the molecule is COC(=O)c1cc(C(=O)O[C@@H](C)C(=O)NCc2ccco2)cc([N+](=O)[O-])c1. The molecule has 1 N–H and O–H groups in total. The van der Waals surface area contributed by atoms with E-state index in [9.17, 15) is 24.5 Å². The first-order valence-corrected chi connectivity index (χ1v) is 7.70. The summed E-state index contributed by atoms with van der Waals surface area (Å²) < 4.78 is 14.6. The van der Waals surface area contributed by atoms with Crippen molar-refractivity contribution < 1.29 is 33.2 Å². The molecule has 0 aliphatic heterocycles. The molecule has 2 aromatic rings. The molecule has 0 fully saturated rings. The Hall–Kier alpha value is -3.69. The topological polar surface area (TPSA) is 138 Å². The Morgan fingerprint density at radius 1 is 1.22 bits per heavy atom. The lowest BCUT2D eigenvalue weighted by Gasteiger charge is -2.13. The highest BCUT2D eigenvalue weighted by Gasteiger charge is 2.23. The number of nitro groups is 1. The van der Waals surface area contributed by atoms with Crippen molar-refractivity contribution in [2.24, 2.45) is 0 Å². The first-order valence-electron chi connectivity index (χ1n) is 7.70. The van der Waals surface area contributed by atoms with Gasteiger partial charge in [0, 0.05) is 12.1 Å². The van der Waals surface area contributed by atoms with Crippen LogP contribution in [0.25, 0.3) is 0 Å². The van der Waals surface area contributed by atoms with Crippen LogP contribution in [0.5, 0.6) is 0 Å². The van der Waals surface area contributed by atoms with Crippen molar-refractivity contribution in [1.82, 2.24) is 5.32 Å². The number of nitro benzene ring substituents is 1. The molecule has 0 aliphatic rings. The summed E-state index contributed by atoms with van der Waals surface area (Å²) in [6.45, 7) is 1.45. The molecule has 1 amide bonds. The predicted octanol–water partition coefficient (Wildman–Crippen LogP) is 1.84. The minimum atomic E-state index is -1.17. The quantitative estimate of drug-likeness (QED) is 0.439. The zero-order chi connectivity index (χ0) is 20.0. The number of nitrogens with one attached hydrogen (secondary N) is 1. The number of methoxy groups -OCH3 is 1. The average Bonchev–Trinajstić information content (AvgIpc) is 3.18. The van der Waals surface area contributed by atoms with Gasteiger partial charge < -0.3 is 19.2 Å². The molecular weight excluding hydrogens is 360 g/mol. The number of hydrogen-bond acceptors (Lipinski definition) is 8. The van der Waals surface area contributed by atoms with Gasteiger partial charge in [0.15, 0.2) is 6.10 Å². The number of furan rings is 1. The van der Waals surface area contributed by atoms with Gasteiger partial charge in [-0.3, -0.25) is 14.9 Å². The standard InChI is InChI=1S/C17H16N2O8/c1-10(15(20)18-9-14-4-3-5-26-14)27-17(22)12-6-11(16(21)25-2)7-13(8-12)19(23)24/h3-8,10H,9H2,1-2H3,(H,18,20)/t10-/m0/s1. The van der Waals surface area contributed by atoms with Gasteiger partial charge >= 0.3 is 11.9 Å². The van der Waals surface area contributed by atoms with E-state index < -0.39 is 34.6 Å². The van der Waals surface area contributed by atoms with Crippen LogP contribution in [-0.4, -0.2) is 36.0 Å². The van der Waals surface area contributed by atoms with Crippen molar-refractivity contribution in [3.05, 3.63) is 63.6 Å². The lowest BCUT2D eigenvalue weighted by molar-refractivity contribution is -0.384. The number of ether oxygens (including phenoxy) is 2. The van der Waals surface area contributed by atoms with Crippen LogP contribution in [0.4, 0.5) is 5.69 Å². The number of non-ortho nitro benzene ring substituents is 1. The van der Waals surface area contributed by atoms with Crippen molar-refractivity contribution in [2.45, 2.75) is 19.6 Å². The van der Waals surface area contributed by atoms with Crippen molar-refractivity contribution in [2.75, 3.05) is 7.11 Å². The number of nitrogens with zero attached hydrogens (tertiary/aromatic N) is 1. The van der Waals surface area contributed by atoms with Crippen molar-refractivity contribution >= 4 is 23.5 Å². The molecule has 0 saturated heterocycles. The van der Waals surface area contributed by atoms with E-state index in [1.165, 1.54) is 13.2 Å². The molecule has 10 nitrogen and oxygen atoms in total. The van der Waals surface area contributed by atoms with Gasteiger partial charge in [-0.1, -0.05) is 0 Å². The van der Waals surface area contributed by atoms with Gasteiger partial charge in [-0.25, -0.2) is 9.59 Å². The van der Waals surface area contributed by atoms with Gasteiger partial charge in [0.2, 0.25) is 0 Å². The fourth-order valence-electron chi connectivity index (χ4n) is 2.08. The molecule has 0 unspecified atom stereocenters. The van der Waals surface area contributed by atoms with Gasteiger partial charge in [0.05, 0.1) is 36.0 Å². The molecule has 27 heavy (non-hydrogen) atoms. The molecular formula is C17H16N2O8. The normalized spacial score (nSPS) is 11.3. The number of amides is 1. The van der Waals surface area contributed by atoms with Crippen LogP contribution < -0.4 is 5.32 Å². The van der Waals surface area contributed by atoms with Crippen molar-refractivity contribution in [3.8, 4) is 0 Å². The summed E-state index contributed by atoms with van der Waals surface area (Å²) in [5.41, 5.74) is -0.927. The molecule has 0 spiro atoms. The fourth-order valence-corrected chi connectivity index (χ4v) is 2.08. The van der Waals surface area contributed by atoms with E-state index in [2.05, 4.69) is 10.1 Å². The number of carbonyl (C=O) groups is 3. The Bertz CT molecular complexity index is 860. The Morgan fingerprint density at radius 2 is 1.89 bits per heavy atom. The van der Waals surface area contributed by atoms with Gasteiger partial charge in [0.25, 0.3) is 11.6 Å². The van der Waals surface area contributed by atoms with E-state index in [-0.39, 0.29) is 17.7 Å². The van der Waals surface area contributed by atoms with Crippen LogP contribution in [0.3, 0.4) is 0 Å². The maximum Gasteiger partial charge on any atom is 0.339 e. The monoisotopic (exact) mass is 376 g/mol. The van der Waals surface area contributed by atoms with Crippen molar-refractivity contribution in [3.63, 3.8) is 0 Å². The number of rotatable bonds is 7. The van der Waals surface area contributed by atoms with E-state index in [1.807, 2.05) is 0 Å². The lowest BCUT2D eigenvalue weighted by Crippen LogP contribution is -2.35. The Labute approximate surface area is 153 Å². The minimum absolute atomic E-state index is 0.108. The third kappa shape index (κ3) is 5.14. The molecule has 1 aromatic heterocycles. The van der Waals surface area contributed by atoms with E-state index >= 15 is 0 Å². The number of carbonyl (C=O) groups excluding carboxylic acids is 3. The Balaban J connectivity index is 2.09. The molecule has 0 bridgehead atoms. The van der Waals surface area contributed by atoms with Crippen LogP contribution in [-0.2, 0) is 20.8 Å². The van der Waals surface area contributed by atoms with Crippen LogP contribution in [0.15, 0.2) is 41.0 Å². The summed E-state index contributed by atoms with van der Waals surface area (Å²) in [4.78, 5) is 46.1. The Morgan fingerprint density at radius 3 is 2.44 bits per heavy atom. The third-order valence-electron chi connectivity index (χ3n) is 3.46. The highest BCUT2D eigenvalue weighted by molar-refractivity contribution is 5.97. The van der Waals surface area contributed by atoms with E-state index in [0.29, 0.717) is 5.76 Å². The minimum Gasteiger partial charge on any atom is -0.467 e. The maximum atomic E-state index is 12.2. The lowest BCUT2D eigenvalue weighted by atomic mass is 10.1. The smallest absolute Gasteiger partial charge is 0.339 e. The van der Waals surface area contributed by atoms with Crippen LogP contribution in [0, 0.1) is 10.1 Å². The van der Waals surface area contributed by atoms with Crippen LogP contribution in [0.2, 0.25) is 0 Å². The largest absolute Gasteiger partial charge is 0.467 e. The molecule has 2 rings (SSSR count). The third-order valence-corrected chi connectivity index (χ3v) is 3.46. The molecule has 10 heteroatoms. The van der Waals surface area contributed by atoms with Gasteiger partial charge in [0.1, 0.15) is 5.76 Å². The zero-order valence-corrected chi connectivity index (χ0v) is 14.5. The molecule has 1 atom stereocenters. The second-order valence-electron chi connectivity index (χ2n) is 5.36. The summed E-state index contributed by atoms with van der Waals surface area (Å²) in [6, 6.07) is 6.33. The highest BCUT2D eigenvalue weighted by atomic mass is 16.6. The molecule has 0 aliphatic carbocycles. The maximum absolute atomic E-state index is 12.2. The zero-order valence-electron chi connectivity index (χ0n) is 14.5. The van der Waals surface area contributed by atoms with E-state index in [1.54, 1.807) is 12.1 Å².